The molecule has 0 saturated carbocycles. The molecule has 25 heavy (non-hydrogen) atoms. The van der Waals surface area contributed by atoms with Crippen LogP contribution in [0.1, 0.15) is 27.6 Å². The van der Waals surface area contributed by atoms with Gasteiger partial charge in [-0.05, 0) is 49.4 Å². The Kier molecular flexibility index (Phi) is 6.11. The molecule has 2 aromatic carbocycles. The van der Waals surface area contributed by atoms with Crippen LogP contribution in [-0.2, 0) is 9.47 Å². The fourth-order valence-electron chi connectivity index (χ4n) is 2.03. The lowest BCUT2D eigenvalue weighted by Gasteiger charge is -2.09. The van der Waals surface area contributed by atoms with Crippen molar-refractivity contribution in [2.24, 2.45) is 0 Å². The van der Waals surface area contributed by atoms with Gasteiger partial charge in [0.05, 0.1) is 19.3 Å². The first-order valence-corrected chi connectivity index (χ1v) is 7.57. The monoisotopic (exact) mass is 342 g/mol. The second-order valence-electron chi connectivity index (χ2n) is 4.95. The predicted octanol–water partition coefficient (Wildman–Crippen LogP) is 3.29. The zero-order valence-electron chi connectivity index (χ0n) is 13.9. The molecular formula is C18H18N2O5. The minimum Gasteiger partial charge on any atom is -0.465 e. The van der Waals surface area contributed by atoms with E-state index in [1.165, 1.54) is 13.2 Å². The van der Waals surface area contributed by atoms with Crippen molar-refractivity contribution in [3.05, 3.63) is 59.7 Å². The van der Waals surface area contributed by atoms with E-state index in [-0.39, 0.29) is 12.5 Å². The molecule has 0 saturated heterocycles. The first kappa shape index (κ1) is 18.0. The van der Waals surface area contributed by atoms with Gasteiger partial charge in [-0.1, -0.05) is 6.07 Å². The van der Waals surface area contributed by atoms with Crippen molar-refractivity contribution < 1.29 is 23.9 Å². The molecule has 2 N–H and O–H groups in total. The Morgan fingerprint density at radius 2 is 1.64 bits per heavy atom. The molecule has 2 amide bonds. The number of nitrogens with one attached hydrogen (secondary N) is 2. The van der Waals surface area contributed by atoms with Crippen molar-refractivity contribution in [1.82, 2.24) is 0 Å². The first-order valence-electron chi connectivity index (χ1n) is 7.57. The number of anilines is 2. The van der Waals surface area contributed by atoms with Crippen LogP contribution in [0.4, 0.5) is 16.2 Å². The highest BCUT2D eigenvalue weighted by molar-refractivity contribution is 6.05. The van der Waals surface area contributed by atoms with Gasteiger partial charge < -0.3 is 14.8 Å². The minimum absolute atomic E-state index is 0.258. The molecule has 0 spiro atoms. The number of benzene rings is 2. The van der Waals surface area contributed by atoms with Crippen LogP contribution in [0.3, 0.4) is 0 Å². The number of ether oxygens (including phenoxy) is 2. The molecule has 2 aromatic rings. The van der Waals surface area contributed by atoms with Crippen LogP contribution in [-0.4, -0.2) is 31.7 Å². The summed E-state index contributed by atoms with van der Waals surface area (Å²) in [6.07, 6.45) is -0.585. The summed E-state index contributed by atoms with van der Waals surface area (Å²) in [5, 5.41) is 5.25. The number of carbonyl (C=O) groups is 3. The maximum atomic E-state index is 12.3. The van der Waals surface area contributed by atoms with Crippen LogP contribution in [0.25, 0.3) is 0 Å². The Hall–Kier alpha value is -3.35. The lowest BCUT2D eigenvalue weighted by Crippen LogP contribution is -2.15. The SMILES string of the molecule is CCOC(=O)Nc1cccc(C(=O)Nc2ccc(C(=O)OC)cc2)c1. The van der Waals surface area contributed by atoms with E-state index in [1.54, 1.807) is 49.4 Å². The van der Waals surface area contributed by atoms with E-state index < -0.39 is 12.1 Å². The Labute approximate surface area is 144 Å². The highest BCUT2D eigenvalue weighted by Crippen LogP contribution is 2.15. The minimum atomic E-state index is -0.585. The van der Waals surface area contributed by atoms with Gasteiger partial charge in [0.2, 0.25) is 0 Å². The Balaban J connectivity index is 2.05. The zero-order chi connectivity index (χ0) is 18.2. The van der Waals surface area contributed by atoms with E-state index in [0.29, 0.717) is 22.5 Å². The molecule has 0 unspecified atom stereocenters. The summed E-state index contributed by atoms with van der Waals surface area (Å²) < 4.78 is 9.41. The van der Waals surface area contributed by atoms with Gasteiger partial charge in [0.1, 0.15) is 0 Å². The van der Waals surface area contributed by atoms with Crippen LogP contribution in [0.2, 0.25) is 0 Å². The van der Waals surface area contributed by atoms with Gasteiger partial charge in [0.25, 0.3) is 5.91 Å². The van der Waals surface area contributed by atoms with Crippen LogP contribution in [0.5, 0.6) is 0 Å². The zero-order valence-corrected chi connectivity index (χ0v) is 13.9. The number of esters is 1. The average Bonchev–Trinajstić information content (AvgIpc) is 2.62. The lowest BCUT2D eigenvalue weighted by molar-refractivity contribution is 0.0600. The molecule has 0 fully saturated rings. The Morgan fingerprint density at radius 3 is 2.28 bits per heavy atom. The van der Waals surface area contributed by atoms with Gasteiger partial charge in [-0.25, -0.2) is 9.59 Å². The van der Waals surface area contributed by atoms with Crippen molar-refractivity contribution in [3.8, 4) is 0 Å². The average molecular weight is 342 g/mol. The molecule has 0 aromatic heterocycles. The van der Waals surface area contributed by atoms with Crippen LogP contribution < -0.4 is 10.6 Å². The molecule has 7 heteroatoms. The van der Waals surface area contributed by atoms with E-state index in [4.69, 9.17) is 4.74 Å². The largest absolute Gasteiger partial charge is 0.465 e. The first-order chi connectivity index (χ1) is 12.0. The summed E-state index contributed by atoms with van der Waals surface area (Å²) in [5.41, 5.74) is 1.74. The summed E-state index contributed by atoms with van der Waals surface area (Å²) in [5.74, 6) is -0.797. The van der Waals surface area contributed by atoms with Crippen molar-refractivity contribution >= 4 is 29.3 Å². The van der Waals surface area contributed by atoms with Crippen molar-refractivity contribution in [3.63, 3.8) is 0 Å². The third-order valence-electron chi connectivity index (χ3n) is 3.21. The maximum absolute atomic E-state index is 12.3. The summed E-state index contributed by atoms with van der Waals surface area (Å²) >= 11 is 0. The molecule has 0 heterocycles. The number of hydrogen-bond acceptors (Lipinski definition) is 5. The molecule has 130 valence electrons. The van der Waals surface area contributed by atoms with Gasteiger partial charge in [-0.2, -0.15) is 0 Å². The van der Waals surface area contributed by atoms with Gasteiger partial charge in [0, 0.05) is 16.9 Å². The van der Waals surface area contributed by atoms with Crippen LogP contribution >= 0.6 is 0 Å². The maximum Gasteiger partial charge on any atom is 0.411 e. The molecule has 0 atom stereocenters. The van der Waals surface area contributed by atoms with Crippen LogP contribution in [0, 0.1) is 0 Å². The van der Waals surface area contributed by atoms with E-state index in [2.05, 4.69) is 15.4 Å². The summed E-state index contributed by atoms with van der Waals surface area (Å²) in [7, 11) is 1.30. The van der Waals surface area contributed by atoms with E-state index in [9.17, 15) is 14.4 Å². The smallest absolute Gasteiger partial charge is 0.411 e. The molecular weight excluding hydrogens is 324 g/mol. The number of amides is 2. The third kappa shape index (κ3) is 5.07. The predicted molar refractivity (Wildman–Crippen MR) is 92.8 cm³/mol. The standard InChI is InChI=1S/C18H18N2O5/c1-3-25-18(23)20-15-6-4-5-13(11-15)16(21)19-14-9-7-12(8-10-14)17(22)24-2/h4-11H,3H2,1-2H3,(H,19,21)(H,20,23). The molecule has 0 aliphatic rings. The number of carbonyl (C=O) groups excluding carboxylic acids is 3. The van der Waals surface area contributed by atoms with Crippen LogP contribution in [0.15, 0.2) is 48.5 Å². The van der Waals surface area contributed by atoms with Gasteiger partial charge in [-0.15, -0.1) is 0 Å². The summed E-state index contributed by atoms with van der Waals surface area (Å²) in [4.78, 5) is 35.1. The second kappa shape index (κ2) is 8.49. The van der Waals surface area contributed by atoms with E-state index in [0.717, 1.165) is 0 Å². The fourth-order valence-corrected chi connectivity index (χ4v) is 2.03. The van der Waals surface area contributed by atoms with Gasteiger partial charge in [0.15, 0.2) is 0 Å². The van der Waals surface area contributed by atoms with Crippen molar-refractivity contribution in [2.45, 2.75) is 6.92 Å². The number of rotatable bonds is 5. The third-order valence-corrected chi connectivity index (χ3v) is 3.21. The quantitative estimate of drug-likeness (QED) is 0.813. The molecule has 0 aliphatic carbocycles. The molecule has 2 rings (SSSR count). The Morgan fingerprint density at radius 1 is 0.920 bits per heavy atom. The lowest BCUT2D eigenvalue weighted by atomic mass is 10.1. The van der Waals surface area contributed by atoms with Crippen molar-refractivity contribution in [2.75, 3.05) is 24.4 Å². The molecule has 0 bridgehead atoms. The topological polar surface area (TPSA) is 93.7 Å². The van der Waals surface area contributed by atoms with Gasteiger partial charge >= 0.3 is 12.1 Å². The number of methoxy groups -OCH3 is 1. The molecule has 7 nitrogen and oxygen atoms in total. The van der Waals surface area contributed by atoms with E-state index in [1.807, 2.05) is 0 Å². The number of hydrogen-bond donors (Lipinski definition) is 2. The molecule has 0 aliphatic heterocycles. The highest BCUT2D eigenvalue weighted by Gasteiger charge is 2.10. The Bertz CT molecular complexity index is 771. The fraction of sp³-hybridized carbons (Fsp3) is 0.167. The summed E-state index contributed by atoms with van der Waals surface area (Å²) in [6.45, 7) is 1.96. The van der Waals surface area contributed by atoms with E-state index >= 15 is 0 Å². The second-order valence-corrected chi connectivity index (χ2v) is 4.95. The normalized spacial score (nSPS) is 9.84. The summed E-state index contributed by atoms with van der Waals surface area (Å²) in [6, 6.07) is 12.8. The highest BCUT2D eigenvalue weighted by atomic mass is 16.5. The van der Waals surface area contributed by atoms with Gasteiger partial charge in [-0.3, -0.25) is 10.1 Å². The molecule has 0 radical (unpaired) electrons. The van der Waals surface area contributed by atoms with Crippen molar-refractivity contribution in [1.29, 1.82) is 0 Å².